The van der Waals surface area contributed by atoms with Crippen molar-refractivity contribution in [1.82, 2.24) is 10.2 Å². The fourth-order valence-corrected chi connectivity index (χ4v) is 4.53. The number of nitrogens with one attached hydrogen (secondary N) is 1. The predicted octanol–water partition coefficient (Wildman–Crippen LogP) is 3.16. The first-order chi connectivity index (χ1) is 15.2. The Bertz CT molecular complexity index is 790. The van der Waals surface area contributed by atoms with Gasteiger partial charge in [-0.2, -0.15) is 0 Å². The first-order valence-electron chi connectivity index (χ1n) is 11.2. The summed E-state index contributed by atoms with van der Waals surface area (Å²) in [5, 5.41) is 12.2. The molecule has 1 aliphatic carbocycles. The Morgan fingerprint density at radius 2 is 1.91 bits per heavy atom. The van der Waals surface area contributed by atoms with Crippen LogP contribution in [0.15, 0.2) is 24.3 Å². The molecule has 0 saturated heterocycles. The summed E-state index contributed by atoms with van der Waals surface area (Å²) >= 11 is 0. The molecule has 0 spiro atoms. The summed E-state index contributed by atoms with van der Waals surface area (Å²) in [5.41, 5.74) is 0.500. The zero-order chi connectivity index (χ0) is 23.7. The van der Waals surface area contributed by atoms with Crippen molar-refractivity contribution in [3.05, 3.63) is 35.6 Å². The number of aliphatic carboxylic acids is 1. The molecule has 1 saturated carbocycles. The van der Waals surface area contributed by atoms with Crippen LogP contribution >= 0.6 is 0 Å². The first-order valence-corrected chi connectivity index (χ1v) is 11.2. The average molecular weight is 451 g/mol. The second-order valence-electron chi connectivity index (χ2n) is 8.93. The van der Waals surface area contributed by atoms with E-state index in [1.807, 2.05) is 26.2 Å². The number of carboxylic acid groups (broad SMARTS) is 1. The van der Waals surface area contributed by atoms with Crippen LogP contribution in [-0.2, 0) is 25.5 Å². The largest absolute Gasteiger partial charge is 0.481 e. The number of ether oxygens (including phenoxy) is 1. The minimum atomic E-state index is -1.04. The molecule has 178 valence electrons. The second kappa shape index (κ2) is 11.9. The van der Waals surface area contributed by atoms with Crippen molar-refractivity contribution in [1.29, 1.82) is 0 Å². The van der Waals surface area contributed by atoms with Gasteiger partial charge in [-0.05, 0) is 70.7 Å². The maximum Gasteiger partial charge on any atom is 0.305 e. The van der Waals surface area contributed by atoms with Crippen LogP contribution in [0, 0.1) is 11.7 Å². The van der Waals surface area contributed by atoms with Crippen LogP contribution in [0.4, 0.5) is 4.39 Å². The number of amides is 1. The zero-order valence-corrected chi connectivity index (χ0v) is 19.2. The van der Waals surface area contributed by atoms with Crippen molar-refractivity contribution in [2.24, 2.45) is 5.92 Å². The molecular formula is C24H35FN2O5. The lowest BCUT2D eigenvalue weighted by atomic mass is 9.74. The molecular weight excluding hydrogens is 415 g/mol. The number of rotatable bonds is 11. The highest BCUT2D eigenvalue weighted by Gasteiger charge is 2.38. The minimum absolute atomic E-state index is 0.0481. The minimum Gasteiger partial charge on any atom is -0.481 e. The van der Waals surface area contributed by atoms with Gasteiger partial charge in [0, 0.05) is 23.9 Å². The fourth-order valence-electron chi connectivity index (χ4n) is 4.53. The number of methoxy groups -OCH3 is 1. The monoisotopic (exact) mass is 450 g/mol. The van der Waals surface area contributed by atoms with E-state index in [4.69, 9.17) is 0 Å². The Balaban J connectivity index is 1.96. The van der Waals surface area contributed by atoms with Gasteiger partial charge in [-0.15, -0.1) is 0 Å². The van der Waals surface area contributed by atoms with Crippen molar-refractivity contribution < 1.29 is 28.6 Å². The normalized spacial score (nSPS) is 21.7. The van der Waals surface area contributed by atoms with Gasteiger partial charge in [0.2, 0.25) is 5.91 Å². The lowest BCUT2D eigenvalue weighted by Crippen LogP contribution is -2.52. The van der Waals surface area contributed by atoms with Gasteiger partial charge >= 0.3 is 11.9 Å². The summed E-state index contributed by atoms with van der Waals surface area (Å²) in [4.78, 5) is 37.4. The molecule has 0 bridgehead atoms. The number of likely N-dealkylation sites (N-methyl/N-ethyl adjacent to an activating group) is 1. The van der Waals surface area contributed by atoms with E-state index in [1.54, 1.807) is 6.07 Å². The van der Waals surface area contributed by atoms with Gasteiger partial charge in [-0.25, -0.2) is 4.39 Å². The predicted molar refractivity (Wildman–Crippen MR) is 119 cm³/mol. The maximum absolute atomic E-state index is 14.2. The summed E-state index contributed by atoms with van der Waals surface area (Å²) in [5.74, 6) is -2.58. The maximum atomic E-state index is 14.2. The molecule has 0 aliphatic heterocycles. The molecule has 1 amide bonds. The Morgan fingerprint density at radius 3 is 2.47 bits per heavy atom. The summed E-state index contributed by atoms with van der Waals surface area (Å²) in [6, 6.07) is 6.78. The van der Waals surface area contributed by atoms with Crippen molar-refractivity contribution in [3.63, 3.8) is 0 Å². The van der Waals surface area contributed by atoms with E-state index in [0.29, 0.717) is 24.8 Å². The first kappa shape index (κ1) is 25.8. The van der Waals surface area contributed by atoms with Crippen LogP contribution in [0.5, 0.6) is 0 Å². The summed E-state index contributed by atoms with van der Waals surface area (Å²) in [6.45, 7) is 0. The smallest absolute Gasteiger partial charge is 0.305 e. The molecule has 1 aromatic rings. The molecule has 0 aromatic heterocycles. The number of carbonyl (C=O) groups excluding carboxylic acids is 2. The number of hydrogen-bond donors (Lipinski definition) is 2. The Labute approximate surface area is 189 Å². The summed E-state index contributed by atoms with van der Waals surface area (Å²) < 4.78 is 18.8. The lowest BCUT2D eigenvalue weighted by molar-refractivity contribution is -0.142. The van der Waals surface area contributed by atoms with Gasteiger partial charge in [-0.3, -0.25) is 14.4 Å². The SMILES string of the molecule is COC(=O)CCCC(CC(=O)O)C(=O)NC1CCC(Cc2ccccc2F)(N(C)C)CC1. The van der Waals surface area contributed by atoms with E-state index in [1.165, 1.54) is 13.2 Å². The van der Waals surface area contributed by atoms with E-state index < -0.39 is 11.9 Å². The second-order valence-corrected chi connectivity index (χ2v) is 8.93. The topological polar surface area (TPSA) is 95.9 Å². The number of halogens is 1. The third kappa shape index (κ3) is 7.29. The van der Waals surface area contributed by atoms with Gasteiger partial charge < -0.3 is 20.1 Å². The van der Waals surface area contributed by atoms with Crippen LogP contribution in [0.25, 0.3) is 0 Å². The van der Waals surface area contributed by atoms with Crippen LogP contribution < -0.4 is 5.32 Å². The van der Waals surface area contributed by atoms with Gasteiger partial charge in [0.15, 0.2) is 0 Å². The van der Waals surface area contributed by atoms with Crippen LogP contribution in [0.3, 0.4) is 0 Å². The lowest BCUT2D eigenvalue weighted by Gasteiger charge is -2.45. The van der Waals surface area contributed by atoms with E-state index >= 15 is 0 Å². The number of hydrogen-bond acceptors (Lipinski definition) is 5. The molecule has 0 radical (unpaired) electrons. The highest BCUT2D eigenvalue weighted by molar-refractivity contribution is 5.83. The molecule has 1 aliphatic rings. The summed E-state index contributed by atoms with van der Waals surface area (Å²) in [7, 11) is 5.31. The van der Waals surface area contributed by atoms with Gasteiger partial charge in [-0.1, -0.05) is 18.2 Å². The van der Waals surface area contributed by atoms with E-state index in [2.05, 4.69) is 15.0 Å². The third-order valence-corrected chi connectivity index (χ3v) is 6.64. The number of carbonyl (C=O) groups is 3. The van der Waals surface area contributed by atoms with Gasteiger partial charge in [0.1, 0.15) is 5.82 Å². The van der Waals surface area contributed by atoms with Crippen LogP contribution in [0.1, 0.15) is 56.9 Å². The quantitative estimate of drug-likeness (QED) is 0.503. The Morgan fingerprint density at radius 1 is 1.25 bits per heavy atom. The molecule has 0 heterocycles. The molecule has 2 rings (SSSR count). The van der Waals surface area contributed by atoms with E-state index in [-0.39, 0.29) is 42.1 Å². The standard InChI is InChI=1S/C24H35FN2O5/c1-27(2)24(16-18-7-4-5-9-20(18)25)13-11-19(12-14-24)26-23(31)17(15-21(28)29)8-6-10-22(30)32-3/h4-5,7,9,17,19H,6,8,10-16H2,1-3H3,(H,26,31)(H,28,29). The van der Waals surface area contributed by atoms with Crippen molar-refractivity contribution >= 4 is 17.8 Å². The molecule has 8 heteroatoms. The molecule has 1 aromatic carbocycles. The van der Waals surface area contributed by atoms with Gasteiger partial charge in [0.05, 0.1) is 13.5 Å². The van der Waals surface area contributed by atoms with Crippen molar-refractivity contribution in [2.75, 3.05) is 21.2 Å². The summed E-state index contributed by atoms with van der Waals surface area (Å²) in [6.07, 6.45) is 4.27. The fraction of sp³-hybridized carbons (Fsp3) is 0.625. The van der Waals surface area contributed by atoms with Crippen molar-refractivity contribution in [3.8, 4) is 0 Å². The number of esters is 1. The molecule has 1 fully saturated rings. The van der Waals surface area contributed by atoms with E-state index in [0.717, 1.165) is 25.7 Å². The molecule has 2 N–H and O–H groups in total. The highest BCUT2D eigenvalue weighted by Crippen LogP contribution is 2.36. The molecule has 1 unspecified atom stereocenters. The molecule has 7 nitrogen and oxygen atoms in total. The third-order valence-electron chi connectivity index (χ3n) is 6.64. The van der Waals surface area contributed by atoms with Crippen LogP contribution in [-0.4, -0.2) is 60.6 Å². The van der Waals surface area contributed by atoms with Crippen molar-refractivity contribution in [2.45, 2.75) is 69.4 Å². The molecule has 1 atom stereocenters. The van der Waals surface area contributed by atoms with E-state index in [9.17, 15) is 23.9 Å². The number of benzene rings is 1. The molecule has 32 heavy (non-hydrogen) atoms. The Kier molecular flexibility index (Phi) is 9.62. The van der Waals surface area contributed by atoms with Crippen LogP contribution in [0.2, 0.25) is 0 Å². The average Bonchev–Trinajstić information content (AvgIpc) is 2.75. The zero-order valence-electron chi connectivity index (χ0n) is 19.2. The van der Waals surface area contributed by atoms with Gasteiger partial charge in [0.25, 0.3) is 0 Å². The highest BCUT2D eigenvalue weighted by atomic mass is 19.1. The number of nitrogens with zero attached hydrogens (tertiary/aromatic N) is 1. The Hall–Kier alpha value is -2.48. The number of carboxylic acids is 1.